The fourth-order valence-corrected chi connectivity index (χ4v) is 5.62. The number of nitrogens with zero attached hydrogens (tertiary/aromatic N) is 6. The average molecular weight is 529 g/mol. The van der Waals surface area contributed by atoms with E-state index in [0.717, 1.165) is 24.7 Å². The van der Waals surface area contributed by atoms with Gasteiger partial charge in [-0.1, -0.05) is 0 Å². The van der Waals surface area contributed by atoms with Crippen molar-refractivity contribution in [3.63, 3.8) is 0 Å². The van der Waals surface area contributed by atoms with Crippen molar-refractivity contribution in [2.45, 2.75) is 11.0 Å². The molecule has 4 aromatic rings. The maximum Gasteiger partial charge on any atom is 0.226 e. The van der Waals surface area contributed by atoms with Gasteiger partial charge >= 0.3 is 0 Å². The fraction of sp³-hybridized carbons (Fsp3) is 0.333. The predicted octanol–water partition coefficient (Wildman–Crippen LogP) is 2.42. The quantitative estimate of drug-likeness (QED) is 0.385. The Labute approximate surface area is 210 Å². The van der Waals surface area contributed by atoms with Crippen LogP contribution in [-0.4, -0.2) is 71.6 Å². The van der Waals surface area contributed by atoms with Crippen LogP contribution in [0.1, 0.15) is 0 Å². The van der Waals surface area contributed by atoms with Crippen molar-refractivity contribution >= 4 is 26.8 Å². The van der Waals surface area contributed by atoms with E-state index in [9.17, 15) is 17.2 Å². The molecule has 192 valence electrons. The van der Waals surface area contributed by atoms with Crippen molar-refractivity contribution in [2.24, 2.45) is 11.8 Å². The monoisotopic (exact) mass is 528 g/mol. The second-order valence-electron chi connectivity index (χ2n) is 9.23. The Morgan fingerprint density at radius 1 is 1.03 bits per heavy atom. The second-order valence-corrected chi connectivity index (χ2v) is 11.2. The highest BCUT2D eigenvalue weighted by Crippen LogP contribution is 2.35. The minimum absolute atomic E-state index is 0.00534. The van der Waals surface area contributed by atoms with Crippen LogP contribution in [0.3, 0.4) is 0 Å². The third-order valence-corrected chi connectivity index (χ3v) is 7.80. The average Bonchev–Trinajstić information content (AvgIpc) is 3.29. The number of rotatable bonds is 5. The minimum Gasteiger partial charge on any atom is -0.473 e. The van der Waals surface area contributed by atoms with Gasteiger partial charge in [-0.05, 0) is 24.3 Å². The van der Waals surface area contributed by atoms with Crippen LogP contribution in [0.2, 0.25) is 0 Å². The first kappa shape index (κ1) is 23.7. The summed E-state index contributed by atoms with van der Waals surface area (Å²) in [4.78, 5) is 18.8. The van der Waals surface area contributed by atoms with Crippen molar-refractivity contribution in [3.8, 4) is 11.6 Å². The van der Waals surface area contributed by atoms with Gasteiger partial charge < -0.3 is 14.4 Å². The molecule has 2 bridgehead atoms. The maximum atomic E-state index is 14.9. The molecule has 0 spiro atoms. The highest BCUT2D eigenvalue weighted by atomic mass is 32.2. The molecule has 0 N–H and O–H groups in total. The number of benzene rings is 1. The van der Waals surface area contributed by atoms with Crippen LogP contribution in [0.4, 0.5) is 14.7 Å². The Morgan fingerprint density at radius 3 is 2.43 bits per heavy atom. The Kier molecular flexibility index (Phi) is 5.75. The molecule has 10 nitrogen and oxygen atoms in total. The lowest BCUT2D eigenvalue weighted by Crippen LogP contribution is -2.58. The predicted molar refractivity (Wildman–Crippen MR) is 128 cm³/mol. The van der Waals surface area contributed by atoms with E-state index >= 15 is 0 Å². The van der Waals surface area contributed by atoms with Crippen LogP contribution in [0, 0.1) is 23.5 Å². The lowest BCUT2D eigenvalue weighted by molar-refractivity contribution is -0.0764. The molecule has 2 aliphatic heterocycles. The van der Waals surface area contributed by atoms with Gasteiger partial charge in [0.2, 0.25) is 11.8 Å². The molecule has 6 rings (SSSR count). The van der Waals surface area contributed by atoms with Crippen molar-refractivity contribution in [1.82, 2.24) is 24.5 Å². The third-order valence-electron chi connectivity index (χ3n) is 6.69. The molecule has 0 radical (unpaired) electrons. The summed E-state index contributed by atoms with van der Waals surface area (Å²) in [5, 5.41) is 0.595. The van der Waals surface area contributed by atoms with E-state index in [1.165, 1.54) is 23.0 Å². The van der Waals surface area contributed by atoms with Gasteiger partial charge in [-0.15, -0.1) is 0 Å². The smallest absolute Gasteiger partial charge is 0.226 e. The Morgan fingerprint density at radius 2 is 1.76 bits per heavy atom. The molecule has 2 aliphatic rings. The first-order chi connectivity index (χ1) is 17.8. The number of piperidine rings is 1. The molecule has 13 heteroatoms. The summed E-state index contributed by atoms with van der Waals surface area (Å²) in [6, 6.07) is 5.50. The third kappa shape index (κ3) is 4.37. The van der Waals surface area contributed by atoms with Crippen LogP contribution in [0.15, 0.2) is 54.1 Å². The second kappa shape index (κ2) is 8.99. The zero-order chi connectivity index (χ0) is 25.7. The normalized spacial score (nSPS) is 21.8. The topological polar surface area (TPSA) is 112 Å². The minimum atomic E-state index is -3.54. The van der Waals surface area contributed by atoms with Gasteiger partial charge in [-0.3, -0.25) is 4.57 Å². The molecule has 2 atom stereocenters. The number of ether oxygens (including phenoxy) is 2. The number of fused-ring (bicyclic) bond motifs is 3. The highest BCUT2D eigenvalue weighted by molar-refractivity contribution is 7.90. The Hall–Kier alpha value is -3.71. The summed E-state index contributed by atoms with van der Waals surface area (Å²) in [5.74, 6) is -0.365. The number of sulfone groups is 1. The van der Waals surface area contributed by atoms with Gasteiger partial charge in [0.25, 0.3) is 0 Å². The van der Waals surface area contributed by atoms with E-state index in [4.69, 9.17) is 9.47 Å². The lowest BCUT2D eigenvalue weighted by atomic mass is 9.84. The van der Waals surface area contributed by atoms with E-state index < -0.39 is 21.5 Å². The summed E-state index contributed by atoms with van der Waals surface area (Å²) in [5.41, 5.74) is 0.583. The van der Waals surface area contributed by atoms with E-state index in [1.807, 2.05) is 4.90 Å². The SMILES string of the molecule is CS(=O)(=O)c1ccc(-n2ccc3c(OC4C5COCC4CN(c4ncc(F)cn4)C5)ncnc32)c(F)c1. The Balaban J connectivity index is 1.28. The summed E-state index contributed by atoms with van der Waals surface area (Å²) in [6.07, 6.45) is 6.13. The molecular weight excluding hydrogens is 506 g/mol. The van der Waals surface area contributed by atoms with Crippen molar-refractivity contribution < 1.29 is 26.7 Å². The van der Waals surface area contributed by atoms with Crippen LogP contribution < -0.4 is 9.64 Å². The summed E-state index contributed by atoms with van der Waals surface area (Å²) >= 11 is 0. The molecule has 5 heterocycles. The number of anilines is 1. The van der Waals surface area contributed by atoms with Gasteiger partial charge in [0, 0.05) is 37.4 Å². The van der Waals surface area contributed by atoms with Gasteiger partial charge in [0.05, 0.1) is 41.6 Å². The standard InChI is InChI=1S/C24H22F2N6O4S/c1-37(33,34)17-2-3-20(19(26)6-17)32-5-4-18-22(32)29-13-30-23(18)36-21-14-9-31(10-15(21)12-35-11-14)24-27-7-16(25)8-28-24/h2-8,13-15,21H,9-12H2,1H3. The van der Waals surface area contributed by atoms with E-state index in [-0.39, 0.29) is 28.5 Å². The summed E-state index contributed by atoms with van der Waals surface area (Å²) in [7, 11) is -3.54. The molecule has 37 heavy (non-hydrogen) atoms. The van der Waals surface area contributed by atoms with Gasteiger partial charge in [-0.2, -0.15) is 0 Å². The summed E-state index contributed by atoms with van der Waals surface area (Å²) in [6.45, 7) is 2.10. The first-order valence-electron chi connectivity index (χ1n) is 11.6. The van der Waals surface area contributed by atoms with Gasteiger partial charge in [-0.25, -0.2) is 37.1 Å². The highest BCUT2D eigenvalue weighted by Gasteiger charge is 2.43. The molecule has 0 amide bonds. The van der Waals surface area contributed by atoms with Crippen molar-refractivity contribution in [2.75, 3.05) is 37.5 Å². The number of aromatic nitrogens is 5. The number of hydrogen-bond donors (Lipinski definition) is 0. The van der Waals surface area contributed by atoms with E-state index in [0.29, 0.717) is 49.2 Å². The maximum absolute atomic E-state index is 14.9. The molecule has 2 fully saturated rings. The molecule has 0 aliphatic carbocycles. The molecule has 0 saturated carbocycles. The zero-order valence-electron chi connectivity index (χ0n) is 19.7. The van der Waals surface area contributed by atoms with E-state index in [1.54, 1.807) is 12.3 Å². The largest absolute Gasteiger partial charge is 0.473 e. The van der Waals surface area contributed by atoms with E-state index in [2.05, 4.69) is 19.9 Å². The van der Waals surface area contributed by atoms with Crippen LogP contribution in [-0.2, 0) is 14.6 Å². The molecule has 2 unspecified atom stereocenters. The lowest BCUT2D eigenvalue weighted by Gasteiger charge is -2.46. The van der Waals surface area contributed by atoms with Crippen LogP contribution >= 0.6 is 0 Å². The zero-order valence-corrected chi connectivity index (χ0v) is 20.5. The molecule has 2 saturated heterocycles. The van der Waals surface area contributed by atoms with Crippen molar-refractivity contribution in [1.29, 1.82) is 0 Å². The Bertz CT molecular complexity index is 1570. The number of hydrogen-bond acceptors (Lipinski definition) is 9. The van der Waals surface area contributed by atoms with Crippen LogP contribution in [0.25, 0.3) is 16.7 Å². The molecular formula is C24H22F2N6O4S. The van der Waals surface area contributed by atoms with Crippen LogP contribution in [0.5, 0.6) is 5.88 Å². The van der Waals surface area contributed by atoms with Crippen molar-refractivity contribution in [3.05, 3.63) is 60.8 Å². The fourth-order valence-electron chi connectivity index (χ4n) is 4.98. The number of halogens is 2. The molecule has 3 aromatic heterocycles. The van der Waals surface area contributed by atoms with Gasteiger partial charge in [0.15, 0.2) is 21.3 Å². The van der Waals surface area contributed by atoms with Gasteiger partial charge in [0.1, 0.15) is 18.2 Å². The first-order valence-corrected chi connectivity index (χ1v) is 13.5. The molecule has 1 aromatic carbocycles. The summed E-state index contributed by atoms with van der Waals surface area (Å²) < 4.78 is 65.5.